The summed E-state index contributed by atoms with van der Waals surface area (Å²) in [6.07, 6.45) is 1.03. The molecule has 1 aromatic rings. The third-order valence-electron chi connectivity index (χ3n) is 3.47. The van der Waals surface area contributed by atoms with Crippen LogP contribution in [0, 0.1) is 5.92 Å². The minimum absolute atomic E-state index is 0.303. The van der Waals surface area contributed by atoms with Crippen molar-refractivity contribution in [1.82, 2.24) is 5.32 Å². The fourth-order valence-corrected chi connectivity index (χ4v) is 2.10. The zero-order valence-corrected chi connectivity index (χ0v) is 13.5. The van der Waals surface area contributed by atoms with E-state index in [-0.39, 0.29) is 0 Å². The van der Waals surface area contributed by atoms with Gasteiger partial charge in [-0.25, -0.2) is 0 Å². The van der Waals surface area contributed by atoms with Gasteiger partial charge in [0.15, 0.2) is 0 Å². The van der Waals surface area contributed by atoms with Crippen molar-refractivity contribution in [3.63, 3.8) is 0 Å². The molecule has 0 bridgehead atoms. The van der Waals surface area contributed by atoms with E-state index in [2.05, 4.69) is 45.1 Å². The van der Waals surface area contributed by atoms with Crippen LogP contribution in [0.5, 0.6) is 5.75 Å². The molecule has 0 amide bonds. The first-order valence-electron chi connectivity index (χ1n) is 7.56. The molecular formula is C17H29NO2. The Morgan fingerprint density at radius 1 is 1.10 bits per heavy atom. The van der Waals surface area contributed by atoms with Crippen molar-refractivity contribution in [3.05, 3.63) is 29.8 Å². The maximum absolute atomic E-state index is 5.61. The van der Waals surface area contributed by atoms with E-state index in [0.717, 1.165) is 25.4 Å². The van der Waals surface area contributed by atoms with Gasteiger partial charge in [-0.2, -0.15) is 0 Å². The molecule has 0 radical (unpaired) electrons. The first-order valence-corrected chi connectivity index (χ1v) is 7.56. The van der Waals surface area contributed by atoms with Gasteiger partial charge in [-0.3, -0.25) is 0 Å². The maximum Gasteiger partial charge on any atom is 0.119 e. The fourth-order valence-electron chi connectivity index (χ4n) is 2.10. The molecule has 0 aliphatic heterocycles. The highest BCUT2D eigenvalue weighted by Gasteiger charge is 2.16. The van der Waals surface area contributed by atoms with Crippen LogP contribution >= 0.6 is 0 Å². The maximum atomic E-state index is 5.61. The lowest BCUT2D eigenvalue weighted by molar-refractivity contribution is 0.141. The first-order chi connectivity index (χ1) is 9.58. The zero-order valence-electron chi connectivity index (χ0n) is 13.5. The molecule has 0 spiro atoms. The average Bonchev–Trinajstić information content (AvgIpc) is 2.45. The quantitative estimate of drug-likeness (QED) is 0.746. The zero-order chi connectivity index (χ0) is 15.0. The van der Waals surface area contributed by atoms with Gasteiger partial charge >= 0.3 is 0 Å². The topological polar surface area (TPSA) is 30.5 Å². The lowest BCUT2D eigenvalue weighted by Gasteiger charge is -2.26. The van der Waals surface area contributed by atoms with Gasteiger partial charge in [0.2, 0.25) is 0 Å². The van der Waals surface area contributed by atoms with Gasteiger partial charge in [0.1, 0.15) is 5.75 Å². The fraction of sp³-hybridized carbons (Fsp3) is 0.647. The minimum Gasteiger partial charge on any atom is -0.494 e. The summed E-state index contributed by atoms with van der Waals surface area (Å²) in [6.45, 7) is 10.2. The molecule has 0 aromatic heterocycles. The molecule has 0 heterocycles. The molecule has 2 unspecified atom stereocenters. The Labute approximate surface area is 123 Å². The predicted molar refractivity (Wildman–Crippen MR) is 84.3 cm³/mol. The molecular weight excluding hydrogens is 250 g/mol. The van der Waals surface area contributed by atoms with Crippen LogP contribution in [0.15, 0.2) is 24.3 Å². The summed E-state index contributed by atoms with van der Waals surface area (Å²) in [4.78, 5) is 0. The molecule has 3 nitrogen and oxygen atoms in total. The second kappa shape index (κ2) is 8.98. The largest absolute Gasteiger partial charge is 0.494 e. The number of hydrogen-bond donors (Lipinski definition) is 1. The molecule has 1 N–H and O–H groups in total. The van der Waals surface area contributed by atoms with Crippen molar-refractivity contribution in [2.45, 2.75) is 46.2 Å². The highest BCUT2D eigenvalue weighted by molar-refractivity contribution is 5.29. The van der Waals surface area contributed by atoms with Gasteiger partial charge in [-0.05, 0) is 37.0 Å². The summed E-state index contributed by atoms with van der Waals surface area (Å²) in [5.41, 5.74) is 1.27. The molecule has 0 aliphatic rings. The number of methoxy groups -OCH3 is 1. The highest BCUT2D eigenvalue weighted by Crippen LogP contribution is 2.19. The predicted octanol–water partition coefficient (Wildman–Crippen LogP) is 3.80. The lowest BCUT2D eigenvalue weighted by atomic mass is 10.0. The second-order valence-electron chi connectivity index (χ2n) is 5.61. The van der Waals surface area contributed by atoms with E-state index >= 15 is 0 Å². The van der Waals surface area contributed by atoms with Crippen molar-refractivity contribution in [2.75, 3.05) is 20.3 Å². The smallest absolute Gasteiger partial charge is 0.119 e. The first kappa shape index (κ1) is 17.0. The number of hydrogen-bond acceptors (Lipinski definition) is 3. The van der Waals surface area contributed by atoms with Crippen molar-refractivity contribution in [3.8, 4) is 5.75 Å². The Kier molecular flexibility index (Phi) is 7.63. The summed E-state index contributed by atoms with van der Waals surface area (Å²) < 4.78 is 10.9. The van der Waals surface area contributed by atoms with Gasteiger partial charge in [0.25, 0.3) is 0 Å². The van der Waals surface area contributed by atoms with Gasteiger partial charge in [-0.15, -0.1) is 0 Å². The molecule has 20 heavy (non-hydrogen) atoms. The number of benzene rings is 1. The Balaban J connectivity index is 2.59. The van der Waals surface area contributed by atoms with Crippen LogP contribution in [0.3, 0.4) is 0 Å². The van der Waals surface area contributed by atoms with Crippen molar-refractivity contribution in [1.29, 1.82) is 0 Å². The van der Waals surface area contributed by atoms with Crippen LogP contribution in [0.25, 0.3) is 0 Å². The van der Waals surface area contributed by atoms with E-state index in [4.69, 9.17) is 9.47 Å². The number of ether oxygens (including phenoxy) is 2. The Hall–Kier alpha value is -1.06. The average molecular weight is 279 g/mol. The van der Waals surface area contributed by atoms with E-state index in [9.17, 15) is 0 Å². The van der Waals surface area contributed by atoms with E-state index in [0.29, 0.717) is 18.0 Å². The van der Waals surface area contributed by atoms with E-state index in [1.165, 1.54) is 5.56 Å². The Morgan fingerprint density at radius 2 is 1.75 bits per heavy atom. The normalized spacial score (nSPS) is 14.3. The van der Waals surface area contributed by atoms with E-state index in [1.807, 2.05) is 12.1 Å². The molecule has 0 saturated heterocycles. The third-order valence-corrected chi connectivity index (χ3v) is 3.47. The van der Waals surface area contributed by atoms with Crippen LogP contribution in [0.4, 0.5) is 0 Å². The van der Waals surface area contributed by atoms with Crippen LogP contribution < -0.4 is 10.1 Å². The Bertz CT molecular complexity index is 362. The molecule has 1 rings (SSSR count). The second-order valence-corrected chi connectivity index (χ2v) is 5.61. The molecule has 0 aliphatic carbocycles. The number of nitrogens with one attached hydrogen (secondary N) is 1. The van der Waals surface area contributed by atoms with Crippen LogP contribution in [-0.2, 0) is 4.74 Å². The standard InChI is InChI=1S/C17H29NO2/c1-6-11-20-16-9-7-15(8-10-16)14(4)18-17(12-19-5)13(2)3/h7-10,13-14,17-18H,6,11-12H2,1-5H3. The lowest BCUT2D eigenvalue weighted by Crippen LogP contribution is -2.39. The summed E-state index contributed by atoms with van der Waals surface area (Å²) in [5.74, 6) is 1.49. The molecule has 0 fully saturated rings. The number of rotatable bonds is 9. The van der Waals surface area contributed by atoms with Crippen molar-refractivity contribution < 1.29 is 9.47 Å². The summed E-state index contributed by atoms with van der Waals surface area (Å²) in [7, 11) is 1.75. The SMILES string of the molecule is CCCOc1ccc(C(C)NC(COC)C(C)C)cc1. The molecule has 0 saturated carbocycles. The van der Waals surface area contributed by atoms with Crippen LogP contribution in [0.1, 0.15) is 45.7 Å². The van der Waals surface area contributed by atoms with Gasteiger partial charge in [-0.1, -0.05) is 32.9 Å². The van der Waals surface area contributed by atoms with Crippen molar-refractivity contribution >= 4 is 0 Å². The molecule has 114 valence electrons. The van der Waals surface area contributed by atoms with Gasteiger partial charge < -0.3 is 14.8 Å². The van der Waals surface area contributed by atoms with Crippen LogP contribution in [-0.4, -0.2) is 26.4 Å². The summed E-state index contributed by atoms with van der Waals surface area (Å²) in [5, 5.41) is 3.63. The highest BCUT2D eigenvalue weighted by atomic mass is 16.5. The van der Waals surface area contributed by atoms with Gasteiger partial charge in [0, 0.05) is 19.2 Å². The van der Waals surface area contributed by atoms with E-state index < -0.39 is 0 Å². The van der Waals surface area contributed by atoms with Gasteiger partial charge in [0.05, 0.1) is 13.2 Å². The molecule has 2 atom stereocenters. The molecule has 1 aromatic carbocycles. The third kappa shape index (κ3) is 5.51. The monoisotopic (exact) mass is 279 g/mol. The molecule has 3 heteroatoms. The summed E-state index contributed by atoms with van der Waals surface area (Å²) >= 11 is 0. The summed E-state index contributed by atoms with van der Waals surface area (Å²) in [6, 6.07) is 9.02. The van der Waals surface area contributed by atoms with E-state index in [1.54, 1.807) is 7.11 Å². The van der Waals surface area contributed by atoms with Crippen LogP contribution in [0.2, 0.25) is 0 Å². The Morgan fingerprint density at radius 3 is 2.25 bits per heavy atom. The van der Waals surface area contributed by atoms with Crippen molar-refractivity contribution in [2.24, 2.45) is 5.92 Å². The minimum atomic E-state index is 0.303.